The molecule has 190 valence electrons. The first kappa shape index (κ1) is 25.7. The molecule has 0 amide bonds. The van der Waals surface area contributed by atoms with Crippen LogP contribution in [-0.2, 0) is 17.8 Å². The van der Waals surface area contributed by atoms with Crippen molar-refractivity contribution in [2.24, 2.45) is 0 Å². The van der Waals surface area contributed by atoms with Crippen molar-refractivity contribution in [2.45, 2.75) is 32.2 Å². The Hall–Kier alpha value is -4.43. The van der Waals surface area contributed by atoms with E-state index in [0.29, 0.717) is 17.0 Å². The number of esters is 1. The standard InChI is InChI=1S/C25H22ClN5O6/c1-35-22-12-16(11-17(14-27)25-29-28-23-5-3-2-4-10-30(23)25)6-8-21(22)37-24(32)15-36-20-9-7-18(31(33)34)13-19(20)26/h6-9,11-13H,2-5,10,15H2,1H3/b17-11+. The summed E-state index contributed by atoms with van der Waals surface area (Å²) in [6, 6.07) is 10.7. The van der Waals surface area contributed by atoms with E-state index in [1.54, 1.807) is 24.3 Å². The van der Waals surface area contributed by atoms with Gasteiger partial charge >= 0.3 is 5.97 Å². The molecule has 0 aliphatic carbocycles. The highest BCUT2D eigenvalue weighted by molar-refractivity contribution is 6.32. The maximum Gasteiger partial charge on any atom is 0.349 e. The fourth-order valence-corrected chi connectivity index (χ4v) is 4.09. The molecule has 1 aliphatic rings. The zero-order valence-electron chi connectivity index (χ0n) is 19.8. The molecule has 4 rings (SSSR count). The van der Waals surface area contributed by atoms with E-state index in [4.69, 9.17) is 25.8 Å². The van der Waals surface area contributed by atoms with Gasteiger partial charge < -0.3 is 18.8 Å². The Bertz CT molecular complexity index is 1410. The summed E-state index contributed by atoms with van der Waals surface area (Å²) < 4.78 is 18.1. The smallest absolute Gasteiger partial charge is 0.349 e. The summed E-state index contributed by atoms with van der Waals surface area (Å²) in [5.41, 5.74) is 0.812. The molecule has 0 N–H and O–H groups in total. The van der Waals surface area contributed by atoms with Gasteiger partial charge in [-0.25, -0.2) is 4.79 Å². The molecule has 2 heterocycles. The summed E-state index contributed by atoms with van der Waals surface area (Å²) in [6.07, 6.45) is 5.67. The third-order valence-electron chi connectivity index (χ3n) is 5.67. The number of aryl methyl sites for hydroxylation is 1. The first-order valence-electron chi connectivity index (χ1n) is 11.4. The number of aromatic nitrogens is 3. The number of carbonyl (C=O) groups is 1. The molecule has 1 aliphatic heterocycles. The average Bonchev–Trinajstić information content (AvgIpc) is 3.14. The Kier molecular flexibility index (Phi) is 8.00. The van der Waals surface area contributed by atoms with Gasteiger partial charge in [0.05, 0.1) is 22.6 Å². The summed E-state index contributed by atoms with van der Waals surface area (Å²) in [5, 5.41) is 29.1. The van der Waals surface area contributed by atoms with Crippen LogP contribution < -0.4 is 14.2 Å². The van der Waals surface area contributed by atoms with Crippen molar-refractivity contribution in [3.05, 3.63) is 68.7 Å². The van der Waals surface area contributed by atoms with Crippen LogP contribution in [-0.4, -0.2) is 39.4 Å². The van der Waals surface area contributed by atoms with Gasteiger partial charge in [-0.1, -0.05) is 24.1 Å². The van der Waals surface area contributed by atoms with Crippen LogP contribution in [0.5, 0.6) is 17.2 Å². The number of nitro benzene ring substituents is 1. The van der Waals surface area contributed by atoms with Crippen LogP contribution in [0.25, 0.3) is 11.6 Å². The minimum absolute atomic E-state index is 0.00594. The maximum absolute atomic E-state index is 12.3. The van der Waals surface area contributed by atoms with Crippen molar-refractivity contribution in [1.82, 2.24) is 14.8 Å². The van der Waals surface area contributed by atoms with Crippen molar-refractivity contribution in [2.75, 3.05) is 13.7 Å². The maximum atomic E-state index is 12.3. The van der Waals surface area contributed by atoms with Gasteiger partial charge in [0.1, 0.15) is 17.6 Å². The molecule has 2 aromatic carbocycles. The molecule has 0 bridgehead atoms. The number of rotatable bonds is 8. The first-order valence-corrected chi connectivity index (χ1v) is 11.8. The topological polar surface area (TPSA) is 142 Å². The quantitative estimate of drug-likeness (QED) is 0.136. The predicted molar refractivity (Wildman–Crippen MR) is 133 cm³/mol. The average molecular weight is 524 g/mol. The minimum atomic E-state index is -0.736. The Labute approximate surface area is 217 Å². The molecular formula is C25H22ClN5O6. The lowest BCUT2D eigenvalue weighted by Gasteiger charge is -2.11. The van der Waals surface area contributed by atoms with Gasteiger partial charge in [-0.3, -0.25) is 10.1 Å². The molecule has 0 unspecified atom stereocenters. The number of nitriles is 1. The molecule has 12 heteroatoms. The highest BCUT2D eigenvalue weighted by Crippen LogP contribution is 2.31. The van der Waals surface area contributed by atoms with E-state index in [9.17, 15) is 20.2 Å². The number of non-ortho nitro benzene ring substituents is 1. The van der Waals surface area contributed by atoms with Crippen LogP contribution in [0.3, 0.4) is 0 Å². The summed E-state index contributed by atoms with van der Waals surface area (Å²) in [7, 11) is 1.43. The number of allylic oxidation sites excluding steroid dienone is 1. The fourth-order valence-electron chi connectivity index (χ4n) is 3.87. The SMILES string of the molecule is COc1cc(/C=C(\C#N)c2nnc3n2CCCCC3)ccc1OC(=O)COc1ccc([N+](=O)[O-])cc1Cl. The lowest BCUT2D eigenvalue weighted by Crippen LogP contribution is -2.18. The van der Waals surface area contributed by atoms with E-state index in [0.717, 1.165) is 44.1 Å². The Morgan fingerprint density at radius 2 is 2.00 bits per heavy atom. The number of fused-ring (bicyclic) bond motifs is 1. The van der Waals surface area contributed by atoms with Gasteiger partial charge in [-0.15, -0.1) is 10.2 Å². The third-order valence-corrected chi connectivity index (χ3v) is 5.96. The van der Waals surface area contributed by atoms with Crippen molar-refractivity contribution in [3.63, 3.8) is 0 Å². The summed E-state index contributed by atoms with van der Waals surface area (Å²) in [5.74, 6) is 1.19. The number of nitrogens with zero attached hydrogens (tertiary/aromatic N) is 5. The molecular weight excluding hydrogens is 502 g/mol. The van der Waals surface area contributed by atoms with E-state index in [2.05, 4.69) is 16.3 Å². The van der Waals surface area contributed by atoms with Gasteiger partial charge in [0.15, 0.2) is 23.9 Å². The normalized spacial score (nSPS) is 13.2. The van der Waals surface area contributed by atoms with E-state index < -0.39 is 17.5 Å². The number of nitro groups is 1. The summed E-state index contributed by atoms with van der Waals surface area (Å²) in [4.78, 5) is 22.6. The second kappa shape index (κ2) is 11.5. The Balaban J connectivity index is 1.47. The van der Waals surface area contributed by atoms with Crippen molar-refractivity contribution < 1.29 is 23.9 Å². The first-order chi connectivity index (χ1) is 17.9. The molecule has 11 nitrogen and oxygen atoms in total. The Morgan fingerprint density at radius 3 is 2.73 bits per heavy atom. The molecule has 0 atom stereocenters. The van der Waals surface area contributed by atoms with Gasteiger partial charge in [0, 0.05) is 25.1 Å². The summed E-state index contributed by atoms with van der Waals surface area (Å²) in [6.45, 7) is 0.279. The van der Waals surface area contributed by atoms with Crippen molar-refractivity contribution in [3.8, 4) is 23.3 Å². The predicted octanol–water partition coefficient (Wildman–Crippen LogP) is 4.62. The second-order valence-corrected chi connectivity index (χ2v) is 8.52. The molecule has 0 fully saturated rings. The molecule has 37 heavy (non-hydrogen) atoms. The Morgan fingerprint density at radius 1 is 1.19 bits per heavy atom. The van der Waals surface area contributed by atoms with Gasteiger partial charge in [0.2, 0.25) is 0 Å². The largest absolute Gasteiger partial charge is 0.493 e. The fraction of sp³-hybridized carbons (Fsp3) is 0.280. The van der Waals surface area contributed by atoms with Crippen LogP contribution in [0.1, 0.15) is 36.5 Å². The van der Waals surface area contributed by atoms with Gasteiger partial charge in [-0.2, -0.15) is 5.26 Å². The molecule has 0 saturated carbocycles. The lowest BCUT2D eigenvalue weighted by atomic mass is 10.1. The van der Waals surface area contributed by atoms with E-state index in [-0.39, 0.29) is 28.0 Å². The van der Waals surface area contributed by atoms with E-state index in [1.165, 1.54) is 19.2 Å². The molecule has 0 radical (unpaired) electrons. The molecule has 0 saturated heterocycles. The number of hydrogen-bond donors (Lipinski definition) is 0. The minimum Gasteiger partial charge on any atom is -0.493 e. The van der Waals surface area contributed by atoms with E-state index >= 15 is 0 Å². The highest BCUT2D eigenvalue weighted by Gasteiger charge is 2.19. The number of hydrogen-bond acceptors (Lipinski definition) is 9. The third kappa shape index (κ3) is 6.05. The van der Waals surface area contributed by atoms with Gasteiger partial charge in [0.25, 0.3) is 5.69 Å². The number of halogens is 1. The number of carbonyl (C=O) groups excluding carboxylic acids is 1. The number of ether oxygens (including phenoxy) is 3. The van der Waals surface area contributed by atoms with Crippen molar-refractivity contribution >= 4 is 34.9 Å². The van der Waals surface area contributed by atoms with Crippen LogP contribution >= 0.6 is 11.6 Å². The number of methoxy groups -OCH3 is 1. The monoisotopic (exact) mass is 523 g/mol. The van der Waals surface area contributed by atoms with Crippen LogP contribution in [0.4, 0.5) is 5.69 Å². The second-order valence-electron chi connectivity index (χ2n) is 8.12. The zero-order chi connectivity index (χ0) is 26.4. The van der Waals surface area contributed by atoms with Crippen LogP contribution in [0.2, 0.25) is 5.02 Å². The van der Waals surface area contributed by atoms with E-state index in [1.807, 2.05) is 4.57 Å². The van der Waals surface area contributed by atoms with Crippen LogP contribution in [0.15, 0.2) is 36.4 Å². The zero-order valence-corrected chi connectivity index (χ0v) is 20.6. The summed E-state index contributed by atoms with van der Waals surface area (Å²) >= 11 is 5.98. The molecule has 1 aromatic heterocycles. The van der Waals surface area contributed by atoms with Gasteiger partial charge in [-0.05, 0) is 42.7 Å². The van der Waals surface area contributed by atoms with Crippen molar-refractivity contribution in [1.29, 1.82) is 5.26 Å². The lowest BCUT2D eigenvalue weighted by molar-refractivity contribution is -0.384. The molecule has 3 aromatic rings. The molecule has 0 spiro atoms. The number of benzene rings is 2. The van der Waals surface area contributed by atoms with Crippen LogP contribution in [0, 0.1) is 21.4 Å². The highest BCUT2D eigenvalue weighted by atomic mass is 35.5.